The molecule has 3 rings (SSSR count). The van der Waals surface area contributed by atoms with Crippen LogP contribution < -0.4 is 5.73 Å². The molecule has 2 aliphatic rings. The summed E-state index contributed by atoms with van der Waals surface area (Å²) in [5, 5.41) is 0. The lowest BCUT2D eigenvalue weighted by Crippen LogP contribution is -2.24. The number of hydrogen-bond donors (Lipinski definition) is 1. The Labute approximate surface area is 107 Å². The van der Waals surface area contributed by atoms with Crippen molar-refractivity contribution >= 4 is 11.8 Å². The van der Waals surface area contributed by atoms with Crippen LogP contribution in [0, 0.1) is 5.92 Å². The van der Waals surface area contributed by atoms with Gasteiger partial charge in [0.1, 0.15) is 5.82 Å². The van der Waals surface area contributed by atoms with Crippen molar-refractivity contribution in [1.82, 2.24) is 9.55 Å². The maximum atomic E-state index is 6.11. The summed E-state index contributed by atoms with van der Waals surface area (Å²) in [5.74, 6) is 4.71. The predicted molar refractivity (Wildman–Crippen MR) is 72.1 cm³/mol. The molecule has 2 atom stereocenters. The van der Waals surface area contributed by atoms with Gasteiger partial charge in [-0.25, -0.2) is 4.98 Å². The van der Waals surface area contributed by atoms with E-state index < -0.39 is 0 Å². The van der Waals surface area contributed by atoms with Gasteiger partial charge in [0.15, 0.2) is 0 Å². The minimum absolute atomic E-state index is 0.167. The monoisotopic (exact) mass is 251 g/mol. The molecule has 2 aliphatic heterocycles. The van der Waals surface area contributed by atoms with Crippen molar-refractivity contribution in [2.24, 2.45) is 11.7 Å². The standard InChI is InChI=1S/C13H21N3S/c14-12-4-1-5-13-15-11(8-16(12)13)7-10-3-2-6-17-9-10/h8,10,12H,1-7,9,14H2. The van der Waals surface area contributed by atoms with Gasteiger partial charge >= 0.3 is 0 Å². The highest BCUT2D eigenvalue weighted by Gasteiger charge is 2.21. The first-order valence-corrected chi connectivity index (χ1v) is 7.88. The van der Waals surface area contributed by atoms with Crippen LogP contribution in [0.3, 0.4) is 0 Å². The minimum atomic E-state index is 0.167. The van der Waals surface area contributed by atoms with Gasteiger partial charge in [0.05, 0.1) is 11.9 Å². The molecular formula is C13H21N3S. The highest BCUT2D eigenvalue weighted by atomic mass is 32.2. The quantitative estimate of drug-likeness (QED) is 0.877. The van der Waals surface area contributed by atoms with Crippen LogP contribution in [0.5, 0.6) is 0 Å². The largest absolute Gasteiger partial charge is 0.319 e. The summed E-state index contributed by atoms with van der Waals surface area (Å²) >= 11 is 2.10. The molecule has 0 bridgehead atoms. The van der Waals surface area contributed by atoms with Crippen molar-refractivity contribution in [3.63, 3.8) is 0 Å². The normalized spacial score (nSPS) is 29.0. The molecule has 0 saturated carbocycles. The summed E-state index contributed by atoms with van der Waals surface area (Å²) in [6, 6.07) is 0. The Balaban J connectivity index is 1.71. The first-order chi connectivity index (χ1) is 8.33. The first-order valence-electron chi connectivity index (χ1n) is 6.73. The fraction of sp³-hybridized carbons (Fsp3) is 0.769. The van der Waals surface area contributed by atoms with Gasteiger partial charge in [0.25, 0.3) is 0 Å². The second-order valence-corrected chi connectivity index (χ2v) is 6.45. The average Bonchev–Trinajstić information content (AvgIpc) is 2.74. The Morgan fingerprint density at radius 3 is 3.12 bits per heavy atom. The molecule has 1 fully saturated rings. The number of rotatable bonds is 2. The van der Waals surface area contributed by atoms with Crippen LogP contribution in [-0.2, 0) is 12.8 Å². The van der Waals surface area contributed by atoms with Crippen molar-refractivity contribution in [2.45, 2.75) is 44.7 Å². The topological polar surface area (TPSA) is 43.8 Å². The third-order valence-electron chi connectivity index (χ3n) is 3.87. The van der Waals surface area contributed by atoms with Crippen molar-refractivity contribution in [3.8, 4) is 0 Å². The second kappa shape index (κ2) is 5.02. The summed E-state index contributed by atoms with van der Waals surface area (Å²) in [5.41, 5.74) is 7.38. The number of aryl methyl sites for hydroxylation is 1. The maximum Gasteiger partial charge on any atom is 0.110 e. The van der Waals surface area contributed by atoms with E-state index in [9.17, 15) is 0 Å². The molecule has 3 heterocycles. The molecule has 94 valence electrons. The number of nitrogens with zero attached hydrogens (tertiary/aromatic N) is 2. The molecule has 0 aliphatic carbocycles. The van der Waals surface area contributed by atoms with E-state index in [-0.39, 0.29) is 6.17 Å². The summed E-state index contributed by atoms with van der Waals surface area (Å²) in [4.78, 5) is 4.77. The molecule has 0 aromatic carbocycles. The SMILES string of the molecule is NC1CCCc2nc(CC3CCCSC3)cn21. The van der Waals surface area contributed by atoms with E-state index in [1.54, 1.807) is 0 Å². The van der Waals surface area contributed by atoms with Crippen molar-refractivity contribution < 1.29 is 0 Å². The van der Waals surface area contributed by atoms with Gasteiger partial charge in [-0.3, -0.25) is 0 Å². The van der Waals surface area contributed by atoms with E-state index in [1.807, 2.05) is 0 Å². The van der Waals surface area contributed by atoms with E-state index in [2.05, 4.69) is 22.5 Å². The summed E-state index contributed by atoms with van der Waals surface area (Å²) < 4.78 is 2.20. The molecule has 3 nitrogen and oxygen atoms in total. The van der Waals surface area contributed by atoms with E-state index in [4.69, 9.17) is 10.7 Å². The summed E-state index contributed by atoms with van der Waals surface area (Å²) in [6.07, 6.45) is 9.68. The number of aromatic nitrogens is 2. The maximum absolute atomic E-state index is 6.11. The Morgan fingerprint density at radius 2 is 2.35 bits per heavy atom. The van der Waals surface area contributed by atoms with Gasteiger partial charge in [-0.15, -0.1) is 0 Å². The fourth-order valence-electron chi connectivity index (χ4n) is 2.93. The van der Waals surface area contributed by atoms with E-state index in [1.165, 1.54) is 42.3 Å². The zero-order chi connectivity index (χ0) is 11.7. The molecule has 0 amide bonds. The molecule has 1 saturated heterocycles. The molecule has 1 aromatic rings. The van der Waals surface area contributed by atoms with Crippen LogP contribution in [0.2, 0.25) is 0 Å². The number of hydrogen-bond acceptors (Lipinski definition) is 3. The lowest BCUT2D eigenvalue weighted by molar-refractivity contribution is 0.408. The second-order valence-electron chi connectivity index (χ2n) is 5.30. The van der Waals surface area contributed by atoms with Gasteiger partial charge in [-0.05, 0) is 49.5 Å². The molecular weight excluding hydrogens is 230 g/mol. The van der Waals surface area contributed by atoms with Crippen molar-refractivity contribution in [3.05, 3.63) is 17.7 Å². The molecule has 4 heteroatoms. The van der Waals surface area contributed by atoms with Gasteiger partial charge in [0, 0.05) is 12.6 Å². The highest BCUT2D eigenvalue weighted by Crippen LogP contribution is 2.27. The van der Waals surface area contributed by atoms with Crippen molar-refractivity contribution in [2.75, 3.05) is 11.5 Å². The zero-order valence-electron chi connectivity index (χ0n) is 10.3. The van der Waals surface area contributed by atoms with Gasteiger partial charge in [0.2, 0.25) is 0 Å². The van der Waals surface area contributed by atoms with Gasteiger partial charge in [-0.2, -0.15) is 11.8 Å². The van der Waals surface area contributed by atoms with Crippen LogP contribution in [0.25, 0.3) is 0 Å². The highest BCUT2D eigenvalue weighted by molar-refractivity contribution is 7.99. The van der Waals surface area contributed by atoms with Gasteiger partial charge < -0.3 is 10.3 Å². The number of fused-ring (bicyclic) bond motifs is 1. The summed E-state index contributed by atoms with van der Waals surface area (Å²) in [6.45, 7) is 0. The van der Waals surface area contributed by atoms with Crippen LogP contribution in [0.15, 0.2) is 6.20 Å². The lowest BCUT2D eigenvalue weighted by atomic mass is 10.00. The average molecular weight is 251 g/mol. The molecule has 0 radical (unpaired) electrons. The predicted octanol–water partition coefficient (Wildman–Crippen LogP) is 2.36. The summed E-state index contributed by atoms with van der Waals surface area (Å²) in [7, 11) is 0. The number of thioether (sulfide) groups is 1. The van der Waals surface area contributed by atoms with Crippen LogP contribution in [0.1, 0.15) is 43.4 Å². The van der Waals surface area contributed by atoms with Gasteiger partial charge in [-0.1, -0.05) is 0 Å². The molecule has 0 spiro atoms. The smallest absolute Gasteiger partial charge is 0.110 e. The molecule has 1 aromatic heterocycles. The number of imidazole rings is 1. The Morgan fingerprint density at radius 1 is 1.41 bits per heavy atom. The molecule has 2 N–H and O–H groups in total. The lowest BCUT2D eigenvalue weighted by Gasteiger charge is -2.20. The third-order valence-corrected chi connectivity index (χ3v) is 5.15. The molecule has 2 unspecified atom stereocenters. The van der Waals surface area contributed by atoms with E-state index in [0.717, 1.165) is 25.2 Å². The van der Waals surface area contributed by atoms with Crippen LogP contribution >= 0.6 is 11.8 Å². The Bertz CT molecular complexity index is 382. The van der Waals surface area contributed by atoms with E-state index >= 15 is 0 Å². The first kappa shape index (κ1) is 11.6. The Kier molecular flexibility index (Phi) is 3.43. The van der Waals surface area contributed by atoms with Crippen molar-refractivity contribution in [1.29, 1.82) is 0 Å². The molecule has 17 heavy (non-hydrogen) atoms. The van der Waals surface area contributed by atoms with E-state index in [0.29, 0.717) is 0 Å². The minimum Gasteiger partial charge on any atom is -0.319 e. The fourth-order valence-corrected chi connectivity index (χ4v) is 4.09. The van der Waals surface area contributed by atoms with Crippen LogP contribution in [-0.4, -0.2) is 21.1 Å². The zero-order valence-corrected chi connectivity index (χ0v) is 11.1. The van der Waals surface area contributed by atoms with Crippen LogP contribution in [0.4, 0.5) is 0 Å². The Hall–Kier alpha value is -0.480. The number of nitrogens with two attached hydrogens (primary N) is 1. The third kappa shape index (κ3) is 2.52.